The Kier molecular flexibility index (Phi) is 5.69. The monoisotopic (exact) mass is 512 g/mol. The molecule has 1 saturated heterocycles. The molecule has 4 rings (SSSR count). The summed E-state index contributed by atoms with van der Waals surface area (Å²) in [5.74, 6) is -0.559. The third-order valence-corrected chi connectivity index (χ3v) is 8.82. The molecule has 3 unspecified atom stereocenters. The lowest BCUT2D eigenvalue weighted by molar-refractivity contribution is -0.199. The van der Waals surface area contributed by atoms with Crippen molar-refractivity contribution in [1.82, 2.24) is 0 Å². The highest BCUT2D eigenvalue weighted by Gasteiger charge is 2.54. The number of hydrogen-bond acceptors (Lipinski definition) is 5. The molecular formula is C20H24BrF3O5S. The van der Waals surface area contributed by atoms with Crippen molar-refractivity contribution in [1.29, 1.82) is 0 Å². The SMILES string of the molecule is CCC12CCC3(CC1CCC(Br)c1cc(OS(=O)(=O)C(F)(F)F)ccc12)OCCO3. The number of benzene rings is 1. The second-order valence-electron chi connectivity index (χ2n) is 8.30. The molecule has 1 aromatic carbocycles. The Bertz CT molecular complexity index is 914. The molecule has 1 aliphatic heterocycles. The molecule has 1 saturated carbocycles. The van der Waals surface area contributed by atoms with Crippen molar-refractivity contribution in [3.63, 3.8) is 0 Å². The van der Waals surface area contributed by atoms with Crippen LogP contribution < -0.4 is 4.18 Å². The van der Waals surface area contributed by atoms with E-state index >= 15 is 0 Å². The van der Waals surface area contributed by atoms with Crippen molar-refractivity contribution in [2.75, 3.05) is 13.2 Å². The van der Waals surface area contributed by atoms with Gasteiger partial charge in [0.15, 0.2) is 5.79 Å². The van der Waals surface area contributed by atoms with Gasteiger partial charge in [0.05, 0.1) is 13.2 Å². The second-order valence-corrected chi connectivity index (χ2v) is 10.9. The first-order chi connectivity index (χ1) is 14.0. The zero-order valence-corrected chi connectivity index (χ0v) is 18.9. The molecule has 0 amide bonds. The van der Waals surface area contributed by atoms with E-state index in [9.17, 15) is 21.6 Å². The maximum atomic E-state index is 12.7. The fraction of sp³-hybridized carbons (Fsp3) is 0.700. The molecule has 1 spiro atoms. The Morgan fingerprint density at radius 3 is 2.53 bits per heavy atom. The summed E-state index contributed by atoms with van der Waals surface area (Å²) in [6, 6.07) is 4.50. The van der Waals surface area contributed by atoms with Gasteiger partial charge in [-0.2, -0.15) is 21.6 Å². The number of ether oxygens (including phenoxy) is 2. The van der Waals surface area contributed by atoms with E-state index in [1.807, 2.05) is 0 Å². The fourth-order valence-corrected chi connectivity index (χ4v) is 6.52. The van der Waals surface area contributed by atoms with Crippen molar-refractivity contribution in [3.05, 3.63) is 29.3 Å². The van der Waals surface area contributed by atoms with Gasteiger partial charge in [-0.25, -0.2) is 0 Å². The first kappa shape index (κ1) is 22.4. The number of rotatable bonds is 3. The van der Waals surface area contributed by atoms with Gasteiger partial charge in [0.1, 0.15) is 5.75 Å². The van der Waals surface area contributed by atoms with Crippen LogP contribution in [0.3, 0.4) is 0 Å². The largest absolute Gasteiger partial charge is 0.534 e. The third kappa shape index (κ3) is 3.67. The van der Waals surface area contributed by atoms with Crippen molar-refractivity contribution < 1.29 is 35.2 Å². The maximum Gasteiger partial charge on any atom is 0.534 e. The van der Waals surface area contributed by atoms with Gasteiger partial charge in [-0.05, 0) is 60.3 Å². The molecule has 3 aliphatic rings. The van der Waals surface area contributed by atoms with Crippen LogP contribution in [0.1, 0.15) is 61.4 Å². The van der Waals surface area contributed by atoms with Crippen molar-refractivity contribution in [2.45, 2.75) is 67.0 Å². The number of halogens is 4. The first-order valence-corrected chi connectivity index (χ1v) is 12.4. The average Bonchev–Trinajstić information content (AvgIpc) is 3.09. The van der Waals surface area contributed by atoms with Crippen molar-refractivity contribution >= 4 is 26.0 Å². The maximum absolute atomic E-state index is 12.7. The summed E-state index contributed by atoms with van der Waals surface area (Å²) in [7, 11) is -5.71. The van der Waals surface area contributed by atoms with Crippen LogP contribution in [-0.4, -0.2) is 32.9 Å². The Morgan fingerprint density at radius 2 is 1.90 bits per heavy atom. The van der Waals surface area contributed by atoms with E-state index in [1.165, 1.54) is 12.1 Å². The molecule has 0 bridgehead atoms. The molecule has 0 N–H and O–H groups in total. The van der Waals surface area contributed by atoms with E-state index in [2.05, 4.69) is 27.0 Å². The fourth-order valence-electron chi connectivity index (χ4n) is 5.42. The predicted octanol–water partition coefficient (Wildman–Crippen LogP) is 5.34. The highest BCUT2D eigenvalue weighted by Crippen LogP contribution is 2.57. The van der Waals surface area contributed by atoms with E-state index in [1.54, 1.807) is 6.07 Å². The molecule has 30 heavy (non-hydrogen) atoms. The molecule has 0 aromatic heterocycles. The van der Waals surface area contributed by atoms with Gasteiger partial charge in [0.2, 0.25) is 0 Å². The van der Waals surface area contributed by atoms with Gasteiger partial charge in [0, 0.05) is 17.7 Å². The standard InChI is InChI=1S/C20H24BrF3O5S/c1-2-18-7-8-19(27-9-10-28-19)12-13(18)3-6-17(21)15-11-14(4-5-16(15)18)29-30(25,26)20(22,23)24/h4-5,11,13,17H,2-3,6-10,12H2,1H3. The van der Waals surface area contributed by atoms with E-state index in [-0.39, 0.29) is 16.0 Å². The van der Waals surface area contributed by atoms with E-state index in [4.69, 9.17) is 9.47 Å². The van der Waals surface area contributed by atoms with Gasteiger partial charge in [-0.3, -0.25) is 0 Å². The van der Waals surface area contributed by atoms with Crippen LogP contribution in [0.5, 0.6) is 5.75 Å². The van der Waals surface area contributed by atoms with Crippen LogP contribution in [0.4, 0.5) is 13.2 Å². The zero-order valence-electron chi connectivity index (χ0n) is 16.5. The Morgan fingerprint density at radius 1 is 1.20 bits per heavy atom. The molecule has 5 nitrogen and oxygen atoms in total. The molecule has 1 heterocycles. The molecule has 168 valence electrons. The third-order valence-electron chi connectivity index (χ3n) is 6.89. The van der Waals surface area contributed by atoms with Gasteiger partial charge in [0.25, 0.3) is 0 Å². The molecule has 1 aromatic rings. The van der Waals surface area contributed by atoms with Crippen LogP contribution in [0, 0.1) is 5.92 Å². The minimum absolute atomic E-state index is 0.111. The quantitative estimate of drug-likeness (QED) is 0.311. The van der Waals surface area contributed by atoms with Crippen LogP contribution in [0.2, 0.25) is 0 Å². The van der Waals surface area contributed by atoms with Gasteiger partial charge < -0.3 is 13.7 Å². The molecule has 2 aliphatic carbocycles. The summed E-state index contributed by atoms with van der Waals surface area (Å²) >= 11 is 3.66. The second kappa shape index (κ2) is 7.64. The van der Waals surface area contributed by atoms with Crippen LogP contribution in [0.25, 0.3) is 0 Å². The first-order valence-electron chi connectivity index (χ1n) is 10.1. The minimum Gasteiger partial charge on any atom is -0.376 e. The lowest BCUT2D eigenvalue weighted by Gasteiger charge is -2.49. The van der Waals surface area contributed by atoms with E-state index < -0.39 is 21.4 Å². The van der Waals surface area contributed by atoms with Crippen molar-refractivity contribution in [3.8, 4) is 5.75 Å². The van der Waals surface area contributed by atoms with Crippen LogP contribution in [0.15, 0.2) is 18.2 Å². The zero-order chi connectivity index (χ0) is 21.8. The molecule has 2 fully saturated rings. The van der Waals surface area contributed by atoms with Gasteiger partial charge in [-0.15, -0.1) is 0 Å². The van der Waals surface area contributed by atoms with Crippen molar-refractivity contribution in [2.24, 2.45) is 5.92 Å². The Labute approximate surface area is 182 Å². The van der Waals surface area contributed by atoms with E-state index in [0.29, 0.717) is 19.1 Å². The Balaban J connectivity index is 1.72. The molecular weight excluding hydrogens is 489 g/mol. The number of hydrogen-bond donors (Lipinski definition) is 0. The average molecular weight is 513 g/mol. The summed E-state index contributed by atoms with van der Waals surface area (Å²) in [6.07, 6.45) is 4.91. The predicted molar refractivity (Wildman–Crippen MR) is 107 cm³/mol. The summed E-state index contributed by atoms with van der Waals surface area (Å²) in [5, 5.41) is 0. The highest BCUT2D eigenvalue weighted by molar-refractivity contribution is 9.09. The summed E-state index contributed by atoms with van der Waals surface area (Å²) < 4.78 is 77.4. The molecule has 10 heteroatoms. The van der Waals surface area contributed by atoms with Gasteiger partial charge >= 0.3 is 15.6 Å². The van der Waals surface area contributed by atoms with E-state index in [0.717, 1.165) is 49.7 Å². The highest BCUT2D eigenvalue weighted by atomic mass is 79.9. The van der Waals surface area contributed by atoms with Crippen LogP contribution >= 0.6 is 15.9 Å². The molecule has 3 atom stereocenters. The Hall–Kier alpha value is -0.840. The molecule has 0 radical (unpaired) electrons. The summed E-state index contributed by atoms with van der Waals surface area (Å²) in [6.45, 7) is 3.31. The minimum atomic E-state index is -5.71. The lowest BCUT2D eigenvalue weighted by atomic mass is 9.59. The van der Waals surface area contributed by atoms with Gasteiger partial charge in [-0.1, -0.05) is 28.9 Å². The lowest BCUT2D eigenvalue weighted by Crippen LogP contribution is -2.48. The topological polar surface area (TPSA) is 61.8 Å². The van der Waals surface area contributed by atoms with Crippen LogP contribution in [-0.2, 0) is 25.0 Å². The summed E-state index contributed by atoms with van der Waals surface area (Å²) in [5.41, 5.74) is -3.81. The number of alkyl halides is 4. The number of fused-ring (bicyclic) bond motifs is 3. The smallest absolute Gasteiger partial charge is 0.376 e. The normalized spacial score (nSPS) is 31.1. The summed E-state index contributed by atoms with van der Waals surface area (Å²) in [4.78, 5) is -0.111.